The highest BCUT2D eigenvalue weighted by Gasteiger charge is 2.74. The molecule has 0 saturated heterocycles. The van der Waals surface area contributed by atoms with Gasteiger partial charge in [-0.2, -0.15) is 0 Å². The average Bonchev–Trinajstić information content (AvgIpc) is 2.48. The Morgan fingerprint density at radius 2 is 2.00 bits per heavy atom. The van der Waals surface area contributed by atoms with Crippen molar-refractivity contribution < 1.29 is 0 Å². The van der Waals surface area contributed by atoms with Crippen LogP contribution < -0.4 is 0 Å². The molecule has 0 aromatic carbocycles. The van der Waals surface area contributed by atoms with Crippen LogP contribution in [0.15, 0.2) is 0 Å². The second-order valence-electron chi connectivity index (χ2n) is 6.67. The smallest absolute Gasteiger partial charge is 0.0228 e. The Labute approximate surface area is 83.1 Å². The highest BCUT2D eigenvalue weighted by Crippen LogP contribution is 2.82. The van der Waals surface area contributed by atoms with Gasteiger partial charge in [0.1, 0.15) is 0 Å². The maximum Gasteiger partial charge on any atom is -0.0228 e. The maximum absolute atomic E-state index is 2.51. The molecule has 0 N–H and O–H groups in total. The summed E-state index contributed by atoms with van der Waals surface area (Å²) in [7, 11) is 0. The molecule has 13 heavy (non-hydrogen) atoms. The van der Waals surface area contributed by atoms with Gasteiger partial charge in [-0.05, 0) is 41.4 Å². The first-order chi connectivity index (χ1) is 5.85. The molecule has 0 aromatic rings. The summed E-state index contributed by atoms with van der Waals surface area (Å²) in [6.07, 6.45) is 5.83. The molecule has 0 heterocycles. The summed E-state index contributed by atoms with van der Waals surface area (Å²) in [5, 5.41) is 0. The highest BCUT2D eigenvalue weighted by molar-refractivity contribution is 5.23. The molecule has 76 valence electrons. The third-order valence-corrected chi connectivity index (χ3v) is 5.35. The van der Waals surface area contributed by atoms with Gasteiger partial charge in [-0.25, -0.2) is 0 Å². The fraction of sp³-hybridized carbons (Fsp3) is 1.00. The first-order valence-electron chi connectivity index (χ1n) is 5.85. The van der Waals surface area contributed by atoms with Gasteiger partial charge in [-0.1, -0.05) is 41.0 Å². The van der Waals surface area contributed by atoms with E-state index in [1.54, 1.807) is 0 Å². The van der Waals surface area contributed by atoms with Gasteiger partial charge in [0.25, 0.3) is 0 Å². The number of hydrogen-bond acceptors (Lipinski definition) is 0. The van der Waals surface area contributed by atoms with E-state index in [4.69, 9.17) is 0 Å². The Kier molecular flexibility index (Phi) is 1.71. The molecule has 0 heteroatoms. The van der Waals surface area contributed by atoms with Crippen LogP contribution >= 0.6 is 0 Å². The van der Waals surface area contributed by atoms with E-state index < -0.39 is 0 Å². The van der Waals surface area contributed by atoms with E-state index >= 15 is 0 Å². The van der Waals surface area contributed by atoms with E-state index in [-0.39, 0.29) is 0 Å². The first kappa shape index (κ1) is 9.55. The minimum absolute atomic E-state index is 0.581. The lowest BCUT2D eigenvalue weighted by atomic mass is 9.61. The van der Waals surface area contributed by atoms with E-state index in [9.17, 15) is 0 Å². The van der Waals surface area contributed by atoms with Gasteiger partial charge in [0.15, 0.2) is 0 Å². The average molecular weight is 180 g/mol. The van der Waals surface area contributed by atoms with E-state index in [1.165, 1.54) is 25.7 Å². The van der Waals surface area contributed by atoms with Crippen LogP contribution in [0.4, 0.5) is 0 Å². The SMILES string of the molecule is CCC(C)(C)CC12CC(C)C1(C)C2. The van der Waals surface area contributed by atoms with Crippen molar-refractivity contribution in [2.45, 2.75) is 60.3 Å². The van der Waals surface area contributed by atoms with Crippen LogP contribution in [-0.2, 0) is 0 Å². The van der Waals surface area contributed by atoms with Crippen molar-refractivity contribution in [3.8, 4) is 0 Å². The van der Waals surface area contributed by atoms with Crippen molar-refractivity contribution >= 4 is 0 Å². The Hall–Kier alpha value is 0. The maximum atomic E-state index is 2.51. The molecule has 0 aliphatic heterocycles. The van der Waals surface area contributed by atoms with Crippen molar-refractivity contribution in [2.75, 3.05) is 0 Å². The van der Waals surface area contributed by atoms with Gasteiger partial charge in [0.2, 0.25) is 0 Å². The Balaban J connectivity index is 2.00. The molecule has 2 rings (SSSR count). The molecular weight excluding hydrogens is 156 g/mol. The van der Waals surface area contributed by atoms with Crippen molar-refractivity contribution in [2.24, 2.45) is 22.2 Å². The van der Waals surface area contributed by atoms with E-state index in [1.807, 2.05) is 0 Å². The van der Waals surface area contributed by atoms with Crippen molar-refractivity contribution in [3.63, 3.8) is 0 Å². The molecule has 0 nitrogen and oxygen atoms in total. The number of fused-ring (bicyclic) bond motifs is 1. The summed E-state index contributed by atoms with van der Waals surface area (Å²) < 4.78 is 0. The minimum atomic E-state index is 0.581. The molecule has 0 radical (unpaired) electrons. The van der Waals surface area contributed by atoms with Gasteiger partial charge < -0.3 is 0 Å². The fourth-order valence-corrected chi connectivity index (χ4v) is 3.72. The number of rotatable bonds is 3. The quantitative estimate of drug-likeness (QED) is 0.609. The van der Waals surface area contributed by atoms with Gasteiger partial charge in [-0.3, -0.25) is 0 Å². The van der Waals surface area contributed by atoms with Gasteiger partial charge in [0.05, 0.1) is 0 Å². The Morgan fingerprint density at radius 3 is 2.31 bits per heavy atom. The van der Waals surface area contributed by atoms with Crippen molar-refractivity contribution in [1.82, 2.24) is 0 Å². The van der Waals surface area contributed by atoms with Gasteiger partial charge >= 0.3 is 0 Å². The summed E-state index contributed by atoms with van der Waals surface area (Å²) >= 11 is 0. The van der Waals surface area contributed by atoms with Crippen LogP contribution in [0.1, 0.15) is 60.3 Å². The zero-order chi connectivity index (χ0) is 9.91. The molecule has 0 spiro atoms. The largest absolute Gasteiger partial charge is 0.0649 e. The lowest BCUT2D eigenvalue weighted by Crippen LogP contribution is -2.35. The zero-order valence-corrected chi connectivity index (χ0v) is 9.91. The Morgan fingerprint density at radius 1 is 1.38 bits per heavy atom. The predicted octanol–water partition coefficient (Wildman–Crippen LogP) is 4.25. The summed E-state index contributed by atoms with van der Waals surface area (Å²) in [5.41, 5.74) is 2.11. The van der Waals surface area contributed by atoms with Crippen molar-refractivity contribution in [1.29, 1.82) is 0 Å². The van der Waals surface area contributed by atoms with Gasteiger partial charge in [-0.15, -0.1) is 0 Å². The predicted molar refractivity (Wildman–Crippen MR) is 57.6 cm³/mol. The van der Waals surface area contributed by atoms with E-state index in [0.717, 1.165) is 16.7 Å². The second-order valence-corrected chi connectivity index (χ2v) is 6.67. The molecule has 0 aromatic heterocycles. The summed E-state index contributed by atoms with van der Waals surface area (Å²) in [6, 6.07) is 0. The monoisotopic (exact) mass is 180 g/mol. The summed E-state index contributed by atoms with van der Waals surface area (Å²) in [5.74, 6) is 1.00. The molecule has 2 saturated carbocycles. The second kappa shape index (κ2) is 2.32. The van der Waals surface area contributed by atoms with Crippen LogP contribution in [0.25, 0.3) is 0 Å². The molecular formula is C13H24. The van der Waals surface area contributed by atoms with Crippen LogP contribution in [0.5, 0.6) is 0 Å². The molecule has 3 unspecified atom stereocenters. The minimum Gasteiger partial charge on any atom is -0.0649 e. The molecule has 2 aliphatic carbocycles. The van der Waals surface area contributed by atoms with E-state index in [0.29, 0.717) is 5.41 Å². The first-order valence-corrected chi connectivity index (χ1v) is 5.85. The van der Waals surface area contributed by atoms with Crippen LogP contribution in [0, 0.1) is 22.2 Å². The lowest BCUT2D eigenvalue weighted by molar-refractivity contribution is 0.0571. The molecule has 3 atom stereocenters. The van der Waals surface area contributed by atoms with Crippen molar-refractivity contribution in [3.05, 3.63) is 0 Å². The summed E-state index contributed by atoms with van der Waals surface area (Å²) in [4.78, 5) is 0. The molecule has 0 bridgehead atoms. The zero-order valence-electron chi connectivity index (χ0n) is 9.91. The third-order valence-electron chi connectivity index (χ3n) is 5.35. The standard InChI is InChI=1S/C13H24/c1-6-11(3,4)8-13-7-10(2)12(13,5)9-13/h10H,6-9H2,1-5H3. The molecule has 0 amide bonds. The van der Waals surface area contributed by atoms with Crippen LogP contribution in [0.2, 0.25) is 0 Å². The van der Waals surface area contributed by atoms with Crippen LogP contribution in [-0.4, -0.2) is 0 Å². The topological polar surface area (TPSA) is 0 Å². The highest BCUT2D eigenvalue weighted by atomic mass is 14.8. The van der Waals surface area contributed by atoms with E-state index in [2.05, 4.69) is 34.6 Å². The summed E-state index contributed by atoms with van der Waals surface area (Å²) in [6.45, 7) is 12.1. The number of hydrogen-bond donors (Lipinski definition) is 0. The molecule has 2 aliphatic rings. The normalized spacial score (nSPS) is 48.2. The molecule has 2 fully saturated rings. The fourth-order valence-electron chi connectivity index (χ4n) is 3.72. The third kappa shape index (κ3) is 1.10. The Bertz CT molecular complexity index is 224. The van der Waals surface area contributed by atoms with Gasteiger partial charge in [0, 0.05) is 0 Å². The lowest BCUT2D eigenvalue weighted by Gasteiger charge is -2.44. The van der Waals surface area contributed by atoms with Crippen LogP contribution in [0.3, 0.4) is 0 Å².